The summed E-state index contributed by atoms with van der Waals surface area (Å²) in [5.41, 5.74) is 0.777. The first-order valence-electron chi connectivity index (χ1n) is 12.1. The molecule has 0 aromatic heterocycles. The Hall–Kier alpha value is -0.480. The fraction of sp³-hybridized carbons (Fsp3) is 0.400. The highest BCUT2D eigenvalue weighted by Gasteiger charge is 2.42. The number of carboxylic acid groups (broad SMARTS) is 1. The summed E-state index contributed by atoms with van der Waals surface area (Å²) >= 11 is 10.2. The minimum absolute atomic E-state index is 0.108. The highest BCUT2D eigenvalue weighted by molar-refractivity contribution is 14.1. The van der Waals surface area contributed by atoms with Crippen LogP contribution in [0.1, 0.15) is 31.2 Å². The maximum Gasteiger partial charge on any atom is 0.326 e. The molecule has 9 nitrogen and oxygen atoms in total. The molecule has 2 aliphatic rings. The van der Waals surface area contributed by atoms with Crippen molar-refractivity contribution in [3.05, 3.63) is 44.1 Å². The summed E-state index contributed by atoms with van der Waals surface area (Å²) in [5, 5.41) is 28.7. The van der Waals surface area contributed by atoms with Gasteiger partial charge in [0.05, 0.1) is 26.4 Å². The van der Waals surface area contributed by atoms with Gasteiger partial charge in [-0.1, -0.05) is 6.42 Å². The Balaban J connectivity index is 1.29. The molecular formula is C25H25I4N3O6S. The summed E-state index contributed by atoms with van der Waals surface area (Å²) in [7, 11) is 0. The van der Waals surface area contributed by atoms with Crippen molar-refractivity contribution in [2.24, 2.45) is 0 Å². The van der Waals surface area contributed by atoms with Gasteiger partial charge in [-0.25, -0.2) is 9.59 Å². The molecule has 3 amide bonds. The van der Waals surface area contributed by atoms with Crippen molar-refractivity contribution in [2.75, 3.05) is 5.75 Å². The maximum atomic E-state index is 12.6. The molecule has 2 aliphatic heterocycles. The Morgan fingerprint density at radius 2 is 1.72 bits per heavy atom. The first kappa shape index (κ1) is 31.5. The third kappa shape index (κ3) is 8.30. The largest absolute Gasteiger partial charge is 0.506 e. The third-order valence-corrected chi connectivity index (χ3v) is 11.2. The number of phenolic OH excluding ortho intramolecular Hbond substituents is 1. The second-order valence-electron chi connectivity index (χ2n) is 9.26. The van der Waals surface area contributed by atoms with Crippen molar-refractivity contribution in [3.63, 3.8) is 0 Å². The molecule has 0 aliphatic carbocycles. The predicted octanol–water partition coefficient (Wildman–Crippen LogP) is 5.44. The molecule has 4 rings (SSSR count). The number of fused-ring (bicyclic) bond motifs is 1. The zero-order valence-electron chi connectivity index (χ0n) is 20.3. The molecule has 0 radical (unpaired) electrons. The number of ether oxygens (including phenoxy) is 1. The molecule has 0 spiro atoms. The van der Waals surface area contributed by atoms with E-state index in [1.54, 1.807) is 12.1 Å². The Morgan fingerprint density at radius 3 is 2.36 bits per heavy atom. The van der Waals surface area contributed by atoms with Gasteiger partial charge < -0.3 is 30.9 Å². The smallest absolute Gasteiger partial charge is 0.326 e. The Labute approximate surface area is 284 Å². The van der Waals surface area contributed by atoms with E-state index in [4.69, 9.17) is 4.74 Å². The van der Waals surface area contributed by atoms with E-state index in [1.165, 1.54) is 0 Å². The Morgan fingerprint density at radius 1 is 1.05 bits per heavy atom. The van der Waals surface area contributed by atoms with Gasteiger partial charge in [0.2, 0.25) is 5.91 Å². The molecule has 14 heteroatoms. The molecule has 0 saturated carbocycles. The highest BCUT2D eigenvalue weighted by atomic mass is 127. The number of nitrogens with one attached hydrogen (secondary N) is 3. The number of carboxylic acids is 1. The number of halogens is 4. The van der Waals surface area contributed by atoms with Gasteiger partial charge in [0.15, 0.2) is 5.75 Å². The summed E-state index contributed by atoms with van der Waals surface area (Å²) in [6.45, 7) is 0. The zero-order valence-corrected chi connectivity index (χ0v) is 29.8. The monoisotopic (exact) mass is 1000 g/mol. The molecular weight excluding hydrogens is 978 g/mol. The summed E-state index contributed by atoms with van der Waals surface area (Å²) in [6, 6.07) is 6.40. The van der Waals surface area contributed by atoms with Gasteiger partial charge in [-0.2, -0.15) is 11.8 Å². The molecule has 2 aromatic rings. The molecule has 2 saturated heterocycles. The fourth-order valence-corrected chi connectivity index (χ4v) is 9.89. The van der Waals surface area contributed by atoms with Gasteiger partial charge in [0.1, 0.15) is 17.5 Å². The Kier molecular flexibility index (Phi) is 11.4. The summed E-state index contributed by atoms with van der Waals surface area (Å²) in [6.07, 6.45) is 2.80. The van der Waals surface area contributed by atoms with Crippen LogP contribution in [-0.4, -0.2) is 57.2 Å². The van der Waals surface area contributed by atoms with Crippen LogP contribution in [0.5, 0.6) is 17.2 Å². The van der Waals surface area contributed by atoms with Gasteiger partial charge in [0.25, 0.3) is 0 Å². The van der Waals surface area contributed by atoms with E-state index in [0.717, 1.165) is 31.3 Å². The van der Waals surface area contributed by atoms with Crippen LogP contribution in [0.2, 0.25) is 0 Å². The average Bonchev–Trinajstić information content (AvgIpc) is 3.41. The topological polar surface area (TPSA) is 137 Å². The molecule has 0 bridgehead atoms. The molecule has 2 fully saturated rings. The van der Waals surface area contributed by atoms with E-state index in [2.05, 4.69) is 61.1 Å². The van der Waals surface area contributed by atoms with Crippen molar-refractivity contribution in [2.45, 2.75) is 55.5 Å². The first-order valence-corrected chi connectivity index (χ1v) is 17.4. The highest BCUT2D eigenvalue weighted by Crippen LogP contribution is 2.37. The number of unbranched alkanes of at least 4 members (excludes halogenated alkanes) is 1. The van der Waals surface area contributed by atoms with Gasteiger partial charge in [-0.3, -0.25) is 4.79 Å². The van der Waals surface area contributed by atoms with E-state index in [0.29, 0.717) is 30.3 Å². The van der Waals surface area contributed by atoms with Crippen molar-refractivity contribution in [3.8, 4) is 17.2 Å². The van der Waals surface area contributed by atoms with Crippen LogP contribution in [-0.2, 0) is 16.0 Å². The van der Waals surface area contributed by atoms with Crippen LogP contribution in [0.15, 0.2) is 24.3 Å². The van der Waals surface area contributed by atoms with E-state index < -0.39 is 12.0 Å². The summed E-state index contributed by atoms with van der Waals surface area (Å²) in [4.78, 5) is 36.0. The van der Waals surface area contributed by atoms with Crippen LogP contribution < -0.4 is 20.7 Å². The van der Waals surface area contributed by atoms with Gasteiger partial charge in [-0.05, 0) is 133 Å². The lowest BCUT2D eigenvalue weighted by atomic mass is 10.0. The number of carbonyl (C=O) groups excluding carboxylic acids is 2. The SMILES string of the molecule is O=C(CCCCC1SCC2NC(=O)NC21)NC(Cc1cc(I)c(Oc2cc(I)c(O)c(I)c2)c(I)c1)C(=O)O. The van der Waals surface area contributed by atoms with E-state index >= 15 is 0 Å². The van der Waals surface area contributed by atoms with Crippen LogP contribution >= 0.6 is 102 Å². The molecule has 2 aromatic carbocycles. The summed E-state index contributed by atoms with van der Waals surface area (Å²) in [5.74, 6) is 0.989. The number of hydrogen-bond donors (Lipinski definition) is 5. The molecule has 5 N–H and O–H groups in total. The number of hydrogen-bond acceptors (Lipinski definition) is 6. The second kappa shape index (κ2) is 14.1. The van der Waals surface area contributed by atoms with Crippen LogP contribution in [0, 0.1) is 14.3 Å². The number of aliphatic carboxylic acids is 1. The number of amides is 3. The minimum atomic E-state index is -1.08. The van der Waals surface area contributed by atoms with Gasteiger partial charge in [-0.15, -0.1) is 0 Å². The van der Waals surface area contributed by atoms with Crippen molar-refractivity contribution < 1.29 is 29.3 Å². The number of phenols is 1. The number of aromatic hydroxyl groups is 1. The average molecular weight is 1000 g/mol. The molecule has 39 heavy (non-hydrogen) atoms. The number of thioether (sulfide) groups is 1. The minimum Gasteiger partial charge on any atom is -0.506 e. The molecule has 4 atom stereocenters. The van der Waals surface area contributed by atoms with Crippen LogP contribution in [0.25, 0.3) is 0 Å². The maximum absolute atomic E-state index is 12.6. The predicted molar refractivity (Wildman–Crippen MR) is 183 cm³/mol. The van der Waals surface area contributed by atoms with Crippen molar-refractivity contribution in [1.82, 2.24) is 16.0 Å². The Bertz CT molecular complexity index is 1240. The lowest BCUT2D eigenvalue weighted by Crippen LogP contribution is -2.42. The number of urea groups is 1. The lowest BCUT2D eigenvalue weighted by molar-refractivity contribution is -0.141. The standard InChI is InChI=1S/C25H25I4N3O6S/c26-13-8-12(9-14(27)22(13)34)38-23-15(28)5-11(6-16(23)29)7-17(24(35)36)30-20(33)4-2-1-3-19-21-18(10-39-19)31-25(37)32-21/h5-6,8-9,17-19,21,34H,1-4,7,10H2,(H,30,33)(H,35,36)(H2,31,32,37). The van der Waals surface area contributed by atoms with Crippen molar-refractivity contribution >= 4 is 120 Å². The van der Waals surface area contributed by atoms with Crippen LogP contribution in [0.3, 0.4) is 0 Å². The third-order valence-electron chi connectivity index (χ3n) is 6.42. The molecule has 2 heterocycles. The van der Waals surface area contributed by atoms with Gasteiger partial charge in [0, 0.05) is 23.8 Å². The fourth-order valence-electron chi connectivity index (χ4n) is 4.52. The van der Waals surface area contributed by atoms with Gasteiger partial charge >= 0.3 is 12.0 Å². The summed E-state index contributed by atoms with van der Waals surface area (Å²) < 4.78 is 9.08. The van der Waals surface area contributed by atoms with Crippen LogP contribution in [0.4, 0.5) is 4.79 Å². The zero-order chi connectivity index (χ0) is 28.3. The normalized spacial score (nSPS) is 20.6. The lowest BCUT2D eigenvalue weighted by Gasteiger charge is -2.18. The van der Waals surface area contributed by atoms with Crippen molar-refractivity contribution in [1.29, 1.82) is 0 Å². The molecule has 210 valence electrons. The number of rotatable bonds is 11. The van der Waals surface area contributed by atoms with E-state index in [-0.39, 0.29) is 42.6 Å². The van der Waals surface area contributed by atoms with E-state index in [1.807, 2.05) is 69.1 Å². The quantitative estimate of drug-likeness (QED) is 0.115. The van der Waals surface area contributed by atoms with E-state index in [9.17, 15) is 24.6 Å². The number of carbonyl (C=O) groups is 3. The second-order valence-corrected chi connectivity index (χ2v) is 15.2. The number of benzene rings is 2. The first-order chi connectivity index (χ1) is 18.5. The molecule has 4 unspecified atom stereocenters.